The molecule has 1 aromatic heterocycles. The second-order valence-electron chi connectivity index (χ2n) is 5.44. The molecule has 0 aliphatic carbocycles. The lowest BCUT2D eigenvalue weighted by molar-refractivity contribution is 0.123. The Labute approximate surface area is 127 Å². The van der Waals surface area contributed by atoms with Crippen LogP contribution in [0.25, 0.3) is 0 Å². The highest BCUT2D eigenvalue weighted by Gasteiger charge is 2.10. The van der Waals surface area contributed by atoms with Crippen molar-refractivity contribution in [3.05, 3.63) is 17.5 Å². The van der Waals surface area contributed by atoms with Crippen LogP contribution in [0.2, 0.25) is 0 Å². The fourth-order valence-corrected chi connectivity index (χ4v) is 1.97. The largest absolute Gasteiger partial charge is 0.385 e. The molecule has 0 aliphatic heterocycles. The molecule has 122 valence electrons. The smallest absolute Gasteiger partial charge is 0.151 e. The van der Waals surface area contributed by atoms with Crippen LogP contribution in [-0.4, -0.2) is 56.6 Å². The molecule has 1 rings (SSSR count). The van der Waals surface area contributed by atoms with E-state index in [0.717, 1.165) is 50.7 Å². The van der Waals surface area contributed by atoms with Crippen molar-refractivity contribution < 1.29 is 14.0 Å². The molecule has 1 heterocycles. The summed E-state index contributed by atoms with van der Waals surface area (Å²) in [5, 5.41) is 7.43. The predicted octanol–water partition coefficient (Wildman–Crippen LogP) is 1.66. The van der Waals surface area contributed by atoms with Crippen LogP contribution in [0.5, 0.6) is 0 Å². The Morgan fingerprint density at radius 2 is 2.00 bits per heavy atom. The molecule has 0 atom stereocenters. The van der Waals surface area contributed by atoms with Crippen molar-refractivity contribution >= 4 is 0 Å². The second kappa shape index (κ2) is 10.7. The first-order chi connectivity index (χ1) is 10.2. The summed E-state index contributed by atoms with van der Waals surface area (Å²) in [5.74, 6) is 0.893. The van der Waals surface area contributed by atoms with Crippen LogP contribution in [0.15, 0.2) is 10.6 Å². The van der Waals surface area contributed by atoms with E-state index in [9.17, 15) is 0 Å². The predicted molar refractivity (Wildman–Crippen MR) is 82.1 cm³/mol. The minimum absolute atomic E-state index is 0.442. The molecule has 6 heteroatoms. The van der Waals surface area contributed by atoms with Crippen LogP contribution < -0.4 is 5.32 Å². The SMILES string of the molecule is COCCCN(CCOC)Cc1cc(CNC(C)C)no1. The van der Waals surface area contributed by atoms with Gasteiger partial charge in [-0.25, -0.2) is 0 Å². The number of hydrogen-bond donors (Lipinski definition) is 1. The van der Waals surface area contributed by atoms with Crippen molar-refractivity contribution in [1.82, 2.24) is 15.4 Å². The zero-order valence-corrected chi connectivity index (χ0v) is 13.7. The number of nitrogens with zero attached hydrogens (tertiary/aromatic N) is 2. The van der Waals surface area contributed by atoms with Gasteiger partial charge in [-0.1, -0.05) is 19.0 Å². The molecule has 0 fully saturated rings. The number of aromatic nitrogens is 1. The van der Waals surface area contributed by atoms with Gasteiger partial charge < -0.3 is 19.3 Å². The van der Waals surface area contributed by atoms with E-state index in [1.165, 1.54) is 0 Å². The zero-order valence-electron chi connectivity index (χ0n) is 13.7. The van der Waals surface area contributed by atoms with Crippen LogP contribution >= 0.6 is 0 Å². The maximum Gasteiger partial charge on any atom is 0.151 e. The Bertz CT molecular complexity index is 369. The Morgan fingerprint density at radius 3 is 2.67 bits per heavy atom. The topological polar surface area (TPSA) is 59.8 Å². The maximum absolute atomic E-state index is 5.41. The molecule has 0 radical (unpaired) electrons. The molecule has 0 saturated carbocycles. The van der Waals surface area contributed by atoms with Gasteiger partial charge in [0.1, 0.15) is 0 Å². The van der Waals surface area contributed by atoms with Crippen LogP contribution in [0, 0.1) is 0 Å². The highest BCUT2D eigenvalue weighted by atomic mass is 16.5. The van der Waals surface area contributed by atoms with Crippen LogP contribution in [0.1, 0.15) is 31.7 Å². The molecule has 1 N–H and O–H groups in total. The Balaban J connectivity index is 2.44. The molecular weight excluding hydrogens is 270 g/mol. The van der Waals surface area contributed by atoms with Crippen molar-refractivity contribution in [3.63, 3.8) is 0 Å². The van der Waals surface area contributed by atoms with Crippen molar-refractivity contribution in [3.8, 4) is 0 Å². The standard InChI is InChI=1S/C15H29N3O3/c1-13(2)16-11-14-10-15(21-17-14)12-18(7-9-20-4)6-5-8-19-3/h10,13,16H,5-9,11-12H2,1-4H3. The summed E-state index contributed by atoms with van der Waals surface area (Å²) < 4.78 is 15.7. The molecule has 0 aliphatic rings. The first-order valence-corrected chi connectivity index (χ1v) is 7.53. The van der Waals surface area contributed by atoms with Gasteiger partial charge in [0.05, 0.1) is 18.8 Å². The molecule has 0 aromatic carbocycles. The number of rotatable bonds is 12. The van der Waals surface area contributed by atoms with E-state index >= 15 is 0 Å². The van der Waals surface area contributed by atoms with E-state index in [0.29, 0.717) is 12.6 Å². The lowest BCUT2D eigenvalue weighted by atomic mass is 10.3. The monoisotopic (exact) mass is 299 g/mol. The van der Waals surface area contributed by atoms with Gasteiger partial charge in [0, 0.05) is 52.6 Å². The minimum atomic E-state index is 0.442. The summed E-state index contributed by atoms with van der Waals surface area (Å²) in [5.41, 5.74) is 0.947. The van der Waals surface area contributed by atoms with Gasteiger partial charge in [0.15, 0.2) is 5.76 Å². The van der Waals surface area contributed by atoms with Crippen LogP contribution in [0.3, 0.4) is 0 Å². The number of hydrogen-bond acceptors (Lipinski definition) is 6. The molecule has 21 heavy (non-hydrogen) atoms. The summed E-state index contributed by atoms with van der Waals surface area (Å²) in [6.45, 7) is 9.03. The van der Waals surface area contributed by atoms with E-state index < -0.39 is 0 Å². The van der Waals surface area contributed by atoms with Gasteiger partial charge in [-0.05, 0) is 6.42 Å². The quantitative estimate of drug-likeness (QED) is 0.592. The summed E-state index contributed by atoms with van der Waals surface area (Å²) >= 11 is 0. The molecular formula is C15H29N3O3. The second-order valence-corrected chi connectivity index (χ2v) is 5.44. The molecule has 0 unspecified atom stereocenters. The normalized spacial score (nSPS) is 11.7. The van der Waals surface area contributed by atoms with Crippen molar-refractivity contribution in [2.24, 2.45) is 0 Å². The first-order valence-electron chi connectivity index (χ1n) is 7.53. The van der Waals surface area contributed by atoms with Crippen molar-refractivity contribution in [2.45, 2.75) is 39.4 Å². The fourth-order valence-electron chi connectivity index (χ4n) is 1.97. The zero-order chi connectivity index (χ0) is 15.5. The van der Waals surface area contributed by atoms with Crippen LogP contribution in [-0.2, 0) is 22.6 Å². The fraction of sp³-hybridized carbons (Fsp3) is 0.800. The van der Waals surface area contributed by atoms with Crippen molar-refractivity contribution in [2.75, 3.05) is 40.5 Å². The molecule has 1 aromatic rings. The van der Waals surface area contributed by atoms with E-state index in [1.54, 1.807) is 14.2 Å². The third-order valence-electron chi connectivity index (χ3n) is 3.11. The summed E-state index contributed by atoms with van der Waals surface area (Å²) in [4.78, 5) is 2.29. The number of methoxy groups -OCH3 is 2. The lowest BCUT2D eigenvalue weighted by Crippen LogP contribution is -2.28. The Morgan fingerprint density at radius 1 is 1.24 bits per heavy atom. The summed E-state index contributed by atoms with van der Waals surface area (Å²) in [6, 6.07) is 2.46. The third-order valence-corrected chi connectivity index (χ3v) is 3.11. The highest BCUT2D eigenvalue weighted by Crippen LogP contribution is 2.08. The van der Waals surface area contributed by atoms with Crippen molar-refractivity contribution in [1.29, 1.82) is 0 Å². The van der Waals surface area contributed by atoms with E-state index in [2.05, 4.69) is 29.2 Å². The molecule has 0 spiro atoms. The van der Waals surface area contributed by atoms with Gasteiger partial charge in [-0.2, -0.15) is 0 Å². The average molecular weight is 299 g/mol. The number of ether oxygens (including phenoxy) is 2. The molecule has 6 nitrogen and oxygen atoms in total. The first kappa shape index (κ1) is 18.1. The van der Waals surface area contributed by atoms with Gasteiger partial charge in [0.25, 0.3) is 0 Å². The third kappa shape index (κ3) is 8.16. The summed E-state index contributed by atoms with van der Waals surface area (Å²) in [7, 11) is 3.45. The van der Waals surface area contributed by atoms with Gasteiger partial charge >= 0.3 is 0 Å². The lowest BCUT2D eigenvalue weighted by Gasteiger charge is -2.20. The maximum atomic E-state index is 5.41. The van der Waals surface area contributed by atoms with Gasteiger partial charge in [-0.15, -0.1) is 0 Å². The molecule has 0 bridgehead atoms. The highest BCUT2D eigenvalue weighted by molar-refractivity contribution is 5.05. The van der Waals surface area contributed by atoms with Gasteiger partial charge in [0.2, 0.25) is 0 Å². The molecule has 0 saturated heterocycles. The summed E-state index contributed by atoms with van der Waals surface area (Å²) in [6.07, 6.45) is 0.996. The van der Waals surface area contributed by atoms with Gasteiger partial charge in [-0.3, -0.25) is 4.90 Å². The Kier molecular flexibility index (Phi) is 9.25. The minimum Gasteiger partial charge on any atom is -0.385 e. The average Bonchev–Trinajstić information content (AvgIpc) is 2.90. The molecule has 0 amide bonds. The van der Waals surface area contributed by atoms with E-state index in [-0.39, 0.29) is 0 Å². The number of nitrogens with one attached hydrogen (secondary N) is 1. The van der Waals surface area contributed by atoms with Crippen LogP contribution in [0.4, 0.5) is 0 Å². The Hall–Kier alpha value is -0.950. The van der Waals surface area contributed by atoms with E-state index in [1.807, 2.05) is 6.07 Å². The van der Waals surface area contributed by atoms with E-state index in [4.69, 9.17) is 14.0 Å².